The van der Waals surface area contributed by atoms with Gasteiger partial charge in [-0.15, -0.1) is 11.3 Å². The third kappa shape index (κ3) is 3.58. The lowest BCUT2D eigenvalue weighted by Crippen LogP contribution is -2.49. The Balaban J connectivity index is 1.75. The Kier molecular flexibility index (Phi) is 5.17. The number of hydrogen-bond acceptors (Lipinski definition) is 5. The quantitative estimate of drug-likeness (QED) is 0.847. The van der Waals surface area contributed by atoms with E-state index in [0.717, 1.165) is 4.88 Å². The number of rotatable bonds is 4. The van der Waals surface area contributed by atoms with Crippen LogP contribution in [0.2, 0.25) is 0 Å². The Morgan fingerprint density at radius 2 is 1.92 bits per heavy atom. The number of nitrogens with zero attached hydrogens (tertiary/aromatic N) is 2. The highest BCUT2D eigenvalue weighted by Crippen LogP contribution is 2.30. The van der Waals surface area contributed by atoms with Gasteiger partial charge in [0.05, 0.1) is 5.92 Å². The van der Waals surface area contributed by atoms with Crippen LogP contribution in [0, 0.1) is 12.8 Å². The molecule has 25 heavy (non-hydrogen) atoms. The van der Waals surface area contributed by atoms with E-state index in [4.69, 9.17) is 0 Å². The fraction of sp³-hybridized carbons (Fsp3) is 0.625. The van der Waals surface area contributed by atoms with E-state index in [2.05, 4.69) is 0 Å². The molecule has 1 unspecified atom stereocenters. The largest absolute Gasteiger partial charge is 0.480 e. The van der Waals surface area contributed by atoms with E-state index < -0.39 is 28.0 Å². The lowest BCUT2D eigenvalue weighted by molar-refractivity contribution is -0.150. The molecule has 0 aromatic carbocycles. The standard InChI is InChI=1S/C16H22N2O5S2/c1-11-6-7-14(24-11)25(22,23)17-8-2-4-12(10-17)15(19)18-9-3-5-13(18)16(20)21/h6-7,12-13H,2-5,8-10H2,1H3,(H,20,21)/t12?,13-/m0/s1. The summed E-state index contributed by atoms with van der Waals surface area (Å²) in [7, 11) is -3.60. The zero-order chi connectivity index (χ0) is 18.2. The average Bonchev–Trinajstić information content (AvgIpc) is 3.23. The fourth-order valence-electron chi connectivity index (χ4n) is 3.56. The monoisotopic (exact) mass is 386 g/mol. The number of carbonyl (C=O) groups excluding carboxylic acids is 1. The normalized spacial score (nSPS) is 25.2. The van der Waals surface area contributed by atoms with Gasteiger partial charge in [-0.1, -0.05) is 0 Å². The first-order valence-electron chi connectivity index (χ1n) is 8.40. The molecule has 0 aliphatic carbocycles. The molecular formula is C16H22N2O5S2. The van der Waals surface area contributed by atoms with Gasteiger partial charge in [-0.2, -0.15) is 4.31 Å². The molecule has 3 rings (SSSR count). The lowest BCUT2D eigenvalue weighted by atomic mass is 9.97. The number of hydrogen-bond donors (Lipinski definition) is 1. The number of thiophene rings is 1. The van der Waals surface area contributed by atoms with E-state index in [1.165, 1.54) is 20.5 Å². The number of aryl methyl sites for hydroxylation is 1. The predicted molar refractivity (Wildman–Crippen MR) is 92.9 cm³/mol. The van der Waals surface area contributed by atoms with Crippen molar-refractivity contribution in [3.63, 3.8) is 0 Å². The summed E-state index contributed by atoms with van der Waals surface area (Å²) in [5, 5.41) is 9.26. The minimum atomic E-state index is -3.60. The molecule has 138 valence electrons. The van der Waals surface area contributed by atoms with Gasteiger partial charge in [0.15, 0.2) is 0 Å². The Morgan fingerprint density at radius 1 is 1.20 bits per heavy atom. The van der Waals surface area contributed by atoms with E-state index in [0.29, 0.717) is 43.0 Å². The molecule has 7 nitrogen and oxygen atoms in total. The van der Waals surface area contributed by atoms with Crippen LogP contribution in [-0.4, -0.2) is 60.3 Å². The highest BCUT2D eigenvalue weighted by atomic mass is 32.2. The summed E-state index contributed by atoms with van der Waals surface area (Å²) >= 11 is 1.22. The molecule has 1 amide bonds. The molecule has 1 aromatic rings. The average molecular weight is 386 g/mol. The summed E-state index contributed by atoms with van der Waals surface area (Å²) < 4.78 is 27.2. The molecule has 9 heteroatoms. The number of carbonyl (C=O) groups is 2. The zero-order valence-corrected chi connectivity index (χ0v) is 15.7. The van der Waals surface area contributed by atoms with Gasteiger partial charge in [0.25, 0.3) is 10.0 Å². The van der Waals surface area contributed by atoms with Crippen LogP contribution in [0.3, 0.4) is 0 Å². The van der Waals surface area contributed by atoms with Gasteiger partial charge in [-0.05, 0) is 44.7 Å². The number of likely N-dealkylation sites (tertiary alicyclic amines) is 1. The Hall–Kier alpha value is -1.45. The van der Waals surface area contributed by atoms with E-state index >= 15 is 0 Å². The number of aliphatic carboxylic acids is 1. The van der Waals surface area contributed by atoms with Gasteiger partial charge in [0.2, 0.25) is 5.91 Å². The molecule has 3 heterocycles. The van der Waals surface area contributed by atoms with Crippen molar-refractivity contribution in [3.8, 4) is 0 Å². The van der Waals surface area contributed by atoms with Crippen molar-refractivity contribution in [3.05, 3.63) is 17.0 Å². The minimum Gasteiger partial charge on any atom is -0.480 e. The summed E-state index contributed by atoms with van der Waals surface area (Å²) in [6, 6.07) is 2.59. The maximum atomic E-state index is 12.8. The first kappa shape index (κ1) is 18.3. The molecule has 1 aromatic heterocycles. The molecule has 1 N–H and O–H groups in total. The summed E-state index contributed by atoms with van der Waals surface area (Å²) in [6.07, 6.45) is 2.33. The van der Waals surface area contributed by atoms with Crippen LogP contribution in [0.5, 0.6) is 0 Å². The smallest absolute Gasteiger partial charge is 0.326 e. The van der Waals surface area contributed by atoms with Crippen molar-refractivity contribution < 1.29 is 23.1 Å². The van der Waals surface area contributed by atoms with E-state index in [1.807, 2.05) is 6.92 Å². The molecule has 0 spiro atoms. The predicted octanol–water partition coefficient (Wildman–Crippen LogP) is 1.53. The number of carboxylic acid groups (broad SMARTS) is 1. The second-order valence-corrected chi connectivity index (χ2v) is 10.0. The Labute approximate surface area is 151 Å². The molecule has 2 aliphatic rings. The maximum absolute atomic E-state index is 12.8. The van der Waals surface area contributed by atoms with Crippen molar-refractivity contribution in [2.45, 2.75) is 42.9 Å². The highest BCUT2D eigenvalue weighted by molar-refractivity contribution is 7.91. The van der Waals surface area contributed by atoms with Gasteiger partial charge in [-0.25, -0.2) is 13.2 Å². The van der Waals surface area contributed by atoms with Crippen molar-refractivity contribution in [2.75, 3.05) is 19.6 Å². The minimum absolute atomic E-state index is 0.126. The topological polar surface area (TPSA) is 95.0 Å². The van der Waals surface area contributed by atoms with Crippen LogP contribution in [0.15, 0.2) is 16.3 Å². The summed E-state index contributed by atoms with van der Waals surface area (Å²) in [5.41, 5.74) is 0. The highest BCUT2D eigenvalue weighted by Gasteiger charge is 2.40. The van der Waals surface area contributed by atoms with E-state index in [1.54, 1.807) is 12.1 Å². The zero-order valence-electron chi connectivity index (χ0n) is 14.1. The first-order valence-corrected chi connectivity index (χ1v) is 10.7. The summed E-state index contributed by atoms with van der Waals surface area (Å²) in [6.45, 7) is 2.81. The molecule has 0 saturated carbocycles. The molecule has 2 fully saturated rings. The van der Waals surface area contributed by atoms with Crippen LogP contribution in [0.1, 0.15) is 30.6 Å². The van der Waals surface area contributed by atoms with Gasteiger partial charge < -0.3 is 10.0 Å². The van der Waals surface area contributed by atoms with Gasteiger partial charge in [0.1, 0.15) is 10.3 Å². The van der Waals surface area contributed by atoms with Crippen LogP contribution in [0.4, 0.5) is 0 Å². The first-order chi connectivity index (χ1) is 11.8. The molecular weight excluding hydrogens is 364 g/mol. The molecule has 2 saturated heterocycles. The third-order valence-electron chi connectivity index (χ3n) is 4.86. The van der Waals surface area contributed by atoms with Crippen molar-refractivity contribution >= 4 is 33.2 Å². The van der Waals surface area contributed by atoms with Crippen LogP contribution in [-0.2, 0) is 19.6 Å². The van der Waals surface area contributed by atoms with Crippen molar-refractivity contribution in [1.29, 1.82) is 0 Å². The summed E-state index contributed by atoms with van der Waals surface area (Å²) in [5.74, 6) is -1.68. The van der Waals surface area contributed by atoms with Crippen molar-refractivity contribution in [1.82, 2.24) is 9.21 Å². The van der Waals surface area contributed by atoms with E-state index in [9.17, 15) is 23.1 Å². The van der Waals surface area contributed by atoms with Crippen LogP contribution >= 0.6 is 11.3 Å². The second-order valence-electron chi connectivity index (χ2n) is 6.60. The van der Waals surface area contributed by atoms with Crippen LogP contribution in [0.25, 0.3) is 0 Å². The van der Waals surface area contributed by atoms with Crippen LogP contribution < -0.4 is 0 Å². The van der Waals surface area contributed by atoms with Gasteiger partial charge >= 0.3 is 5.97 Å². The van der Waals surface area contributed by atoms with Crippen molar-refractivity contribution in [2.24, 2.45) is 5.92 Å². The number of amides is 1. The molecule has 2 atom stereocenters. The molecule has 0 bridgehead atoms. The van der Waals surface area contributed by atoms with E-state index in [-0.39, 0.29) is 12.5 Å². The van der Waals surface area contributed by atoms with Gasteiger partial charge in [-0.3, -0.25) is 4.79 Å². The number of piperidine rings is 1. The fourth-order valence-corrected chi connectivity index (χ4v) is 6.52. The maximum Gasteiger partial charge on any atom is 0.326 e. The lowest BCUT2D eigenvalue weighted by Gasteiger charge is -2.34. The molecule has 0 radical (unpaired) electrons. The number of sulfonamides is 1. The summed E-state index contributed by atoms with van der Waals surface area (Å²) in [4.78, 5) is 26.4. The SMILES string of the molecule is Cc1ccc(S(=O)(=O)N2CCCC(C(=O)N3CCC[C@H]3C(=O)O)C2)s1. The third-order valence-corrected chi connectivity index (χ3v) is 8.20. The Bertz CT molecular complexity index is 773. The second kappa shape index (κ2) is 7.05. The molecule has 2 aliphatic heterocycles. The van der Waals surface area contributed by atoms with Gasteiger partial charge in [0, 0.05) is 24.5 Å². The Morgan fingerprint density at radius 3 is 2.56 bits per heavy atom. The number of carboxylic acids is 1.